The highest BCUT2D eigenvalue weighted by atomic mass is 35.5. The van der Waals surface area contributed by atoms with Gasteiger partial charge in [0.25, 0.3) is 0 Å². The average molecular weight is 306 g/mol. The van der Waals surface area contributed by atoms with Crippen LogP contribution in [0.5, 0.6) is 0 Å². The van der Waals surface area contributed by atoms with Crippen LogP contribution in [0.1, 0.15) is 6.92 Å². The Hall–Kier alpha value is -1.71. The van der Waals surface area contributed by atoms with Crippen molar-refractivity contribution >= 4 is 34.5 Å². The van der Waals surface area contributed by atoms with Crippen molar-refractivity contribution in [1.82, 2.24) is 9.38 Å². The predicted molar refractivity (Wildman–Crippen MR) is 84.8 cm³/mol. The largest absolute Gasteiger partial charge is 0.384 e. The zero-order valence-electron chi connectivity index (χ0n) is 10.9. The van der Waals surface area contributed by atoms with Gasteiger partial charge < -0.3 is 9.72 Å². The van der Waals surface area contributed by atoms with Crippen LogP contribution >= 0.6 is 23.2 Å². The van der Waals surface area contributed by atoms with Gasteiger partial charge in [-0.25, -0.2) is 4.98 Å². The van der Waals surface area contributed by atoms with Gasteiger partial charge in [0, 0.05) is 24.5 Å². The van der Waals surface area contributed by atoms with Crippen molar-refractivity contribution in [3.63, 3.8) is 0 Å². The first kappa shape index (κ1) is 13.3. The van der Waals surface area contributed by atoms with Crippen molar-refractivity contribution in [1.29, 1.82) is 0 Å². The van der Waals surface area contributed by atoms with E-state index in [-0.39, 0.29) is 0 Å². The standard InChI is InChI=1S/C15H13Cl2N3/c1-2-18-11-4-6-15-19-14(9-20(15)8-11)10-3-5-12(16)13(17)7-10/h3-9,18H,2H2,1H3. The molecule has 3 aromatic rings. The number of halogens is 2. The van der Waals surface area contributed by atoms with Crippen LogP contribution < -0.4 is 5.32 Å². The van der Waals surface area contributed by atoms with Crippen molar-refractivity contribution < 1.29 is 0 Å². The summed E-state index contributed by atoms with van der Waals surface area (Å²) < 4.78 is 2.00. The highest BCUT2D eigenvalue weighted by Gasteiger charge is 2.07. The first-order valence-electron chi connectivity index (χ1n) is 6.35. The van der Waals surface area contributed by atoms with Crippen LogP contribution in [0.4, 0.5) is 5.69 Å². The number of fused-ring (bicyclic) bond motifs is 1. The molecular weight excluding hydrogens is 293 g/mol. The van der Waals surface area contributed by atoms with Gasteiger partial charge in [-0.15, -0.1) is 0 Å². The van der Waals surface area contributed by atoms with E-state index in [0.29, 0.717) is 10.0 Å². The van der Waals surface area contributed by atoms with Crippen LogP contribution in [0.25, 0.3) is 16.9 Å². The maximum absolute atomic E-state index is 6.05. The van der Waals surface area contributed by atoms with Gasteiger partial charge in [0.1, 0.15) is 5.65 Å². The van der Waals surface area contributed by atoms with Crippen LogP contribution in [0.3, 0.4) is 0 Å². The Bertz CT molecular complexity index is 765. The van der Waals surface area contributed by atoms with Crippen molar-refractivity contribution in [2.45, 2.75) is 6.92 Å². The SMILES string of the molecule is CCNc1ccc2nc(-c3ccc(Cl)c(Cl)c3)cn2c1. The molecule has 0 unspecified atom stereocenters. The predicted octanol–water partition coefficient (Wildman–Crippen LogP) is 4.74. The van der Waals surface area contributed by atoms with E-state index in [1.54, 1.807) is 6.07 Å². The number of benzene rings is 1. The lowest BCUT2D eigenvalue weighted by atomic mass is 10.2. The van der Waals surface area contributed by atoms with Crippen LogP contribution in [0.15, 0.2) is 42.7 Å². The third kappa shape index (κ3) is 2.47. The number of hydrogen-bond donors (Lipinski definition) is 1. The van der Waals surface area contributed by atoms with E-state index in [1.807, 2.05) is 41.1 Å². The molecule has 0 atom stereocenters. The zero-order valence-corrected chi connectivity index (χ0v) is 12.4. The number of nitrogens with zero attached hydrogens (tertiary/aromatic N) is 2. The summed E-state index contributed by atoms with van der Waals surface area (Å²) in [6.45, 7) is 2.96. The second kappa shape index (κ2) is 5.35. The first-order chi connectivity index (χ1) is 9.67. The minimum atomic E-state index is 0.537. The summed E-state index contributed by atoms with van der Waals surface area (Å²) in [4.78, 5) is 4.59. The number of pyridine rings is 1. The molecule has 0 aliphatic rings. The first-order valence-corrected chi connectivity index (χ1v) is 7.11. The Morgan fingerprint density at radius 1 is 1.10 bits per heavy atom. The summed E-state index contributed by atoms with van der Waals surface area (Å²) in [6.07, 6.45) is 4.00. The van der Waals surface area contributed by atoms with Gasteiger partial charge in [-0.1, -0.05) is 29.3 Å². The highest BCUT2D eigenvalue weighted by molar-refractivity contribution is 6.42. The molecule has 0 bridgehead atoms. The fraction of sp³-hybridized carbons (Fsp3) is 0.133. The molecule has 3 rings (SSSR count). The third-order valence-electron chi connectivity index (χ3n) is 3.05. The third-order valence-corrected chi connectivity index (χ3v) is 3.79. The van der Waals surface area contributed by atoms with E-state index in [0.717, 1.165) is 29.1 Å². The molecule has 3 nitrogen and oxygen atoms in total. The van der Waals surface area contributed by atoms with Gasteiger partial charge in [-0.2, -0.15) is 0 Å². The van der Waals surface area contributed by atoms with Crippen LogP contribution in [0, 0.1) is 0 Å². The van der Waals surface area contributed by atoms with E-state index >= 15 is 0 Å². The van der Waals surface area contributed by atoms with Gasteiger partial charge in [0.05, 0.1) is 21.4 Å². The van der Waals surface area contributed by atoms with E-state index < -0.39 is 0 Å². The summed E-state index contributed by atoms with van der Waals surface area (Å²) in [6, 6.07) is 9.54. The number of imidazole rings is 1. The molecule has 0 amide bonds. The van der Waals surface area contributed by atoms with Crippen molar-refractivity contribution in [3.05, 3.63) is 52.8 Å². The van der Waals surface area contributed by atoms with Crippen LogP contribution in [0.2, 0.25) is 10.0 Å². The molecule has 102 valence electrons. The topological polar surface area (TPSA) is 29.3 Å². The molecule has 1 aromatic carbocycles. The zero-order chi connectivity index (χ0) is 14.1. The Kier molecular flexibility index (Phi) is 3.55. The fourth-order valence-corrected chi connectivity index (χ4v) is 2.39. The highest BCUT2D eigenvalue weighted by Crippen LogP contribution is 2.28. The molecule has 0 aliphatic heterocycles. The molecule has 5 heteroatoms. The lowest BCUT2D eigenvalue weighted by Crippen LogP contribution is -1.97. The fourth-order valence-electron chi connectivity index (χ4n) is 2.10. The van der Waals surface area contributed by atoms with Crippen LogP contribution in [-0.2, 0) is 0 Å². The summed E-state index contributed by atoms with van der Waals surface area (Å²) in [5.74, 6) is 0. The van der Waals surface area contributed by atoms with Gasteiger partial charge in [0.15, 0.2) is 0 Å². The van der Waals surface area contributed by atoms with E-state index in [2.05, 4.69) is 17.2 Å². The van der Waals surface area contributed by atoms with E-state index in [4.69, 9.17) is 23.2 Å². The summed E-state index contributed by atoms with van der Waals surface area (Å²) in [5, 5.41) is 4.36. The van der Waals surface area contributed by atoms with Gasteiger partial charge in [-0.05, 0) is 31.2 Å². The number of hydrogen-bond acceptors (Lipinski definition) is 2. The number of aromatic nitrogens is 2. The maximum atomic E-state index is 6.05. The second-order valence-electron chi connectivity index (χ2n) is 4.47. The molecule has 1 N–H and O–H groups in total. The van der Waals surface area contributed by atoms with E-state index in [9.17, 15) is 0 Å². The molecule has 0 aliphatic carbocycles. The van der Waals surface area contributed by atoms with Crippen LogP contribution in [-0.4, -0.2) is 15.9 Å². The normalized spacial score (nSPS) is 10.9. The molecule has 2 aromatic heterocycles. The molecule has 0 saturated carbocycles. The molecule has 0 fully saturated rings. The van der Waals surface area contributed by atoms with Crippen molar-refractivity contribution in [2.24, 2.45) is 0 Å². The number of anilines is 1. The smallest absolute Gasteiger partial charge is 0.137 e. The molecule has 0 saturated heterocycles. The number of rotatable bonds is 3. The number of nitrogens with one attached hydrogen (secondary N) is 1. The van der Waals surface area contributed by atoms with Gasteiger partial charge >= 0.3 is 0 Å². The Labute approximate surface area is 127 Å². The Morgan fingerprint density at radius 2 is 1.95 bits per heavy atom. The monoisotopic (exact) mass is 305 g/mol. The van der Waals surface area contributed by atoms with Crippen molar-refractivity contribution in [2.75, 3.05) is 11.9 Å². The quantitative estimate of drug-likeness (QED) is 0.757. The molecule has 0 spiro atoms. The molecular formula is C15H13Cl2N3. The minimum Gasteiger partial charge on any atom is -0.384 e. The molecule has 20 heavy (non-hydrogen) atoms. The van der Waals surface area contributed by atoms with Gasteiger partial charge in [0.2, 0.25) is 0 Å². The Morgan fingerprint density at radius 3 is 2.70 bits per heavy atom. The van der Waals surface area contributed by atoms with Crippen molar-refractivity contribution in [3.8, 4) is 11.3 Å². The summed E-state index contributed by atoms with van der Waals surface area (Å²) >= 11 is 12.0. The summed E-state index contributed by atoms with van der Waals surface area (Å²) in [5.41, 5.74) is 3.79. The average Bonchev–Trinajstić information content (AvgIpc) is 2.85. The van der Waals surface area contributed by atoms with E-state index in [1.165, 1.54) is 0 Å². The molecule has 2 heterocycles. The summed E-state index contributed by atoms with van der Waals surface area (Å²) in [7, 11) is 0. The lowest BCUT2D eigenvalue weighted by molar-refractivity contribution is 1.15. The van der Waals surface area contributed by atoms with Gasteiger partial charge in [-0.3, -0.25) is 0 Å². The Balaban J connectivity index is 2.05. The minimum absolute atomic E-state index is 0.537. The lowest BCUT2D eigenvalue weighted by Gasteiger charge is -2.02. The second-order valence-corrected chi connectivity index (χ2v) is 5.28. The molecule has 0 radical (unpaired) electrons. The maximum Gasteiger partial charge on any atom is 0.137 e.